The Bertz CT molecular complexity index is 1040. The molecule has 4 rings (SSSR count). The number of rotatable bonds is 2. The fourth-order valence-corrected chi connectivity index (χ4v) is 4.04. The van der Waals surface area contributed by atoms with Gasteiger partial charge in [-0.2, -0.15) is 0 Å². The molecule has 0 aliphatic carbocycles. The van der Waals surface area contributed by atoms with Gasteiger partial charge in [-0.25, -0.2) is 4.39 Å². The number of allylic oxidation sites excluding steroid dienone is 1. The molecule has 0 amide bonds. The molecule has 0 saturated carbocycles. The number of fused-ring (bicyclic) bond motifs is 1. The van der Waals surface area contributed by atoms with Gasteiger partial charge in [-0.05, 0) is 82.6 Å². The third-order valence-electron chi connectivity index (χ3n) is 4.70. The van der Waals surface area contributed by atoms with E-state index < -0.39 is 0 Å². The van der Waals surface area contributed by atoms with Crippen LogP contribution in [0.1, 0.15) is 29.7 Å². The quantitative estimate of drug-likeness (QED) is 0.396. The smallest absolute Gasteiger partial charge is 0.150 e. The first kappa shape index (κ1) is 18.3. The third kappa shape index (κ3) is 3.32. The molecule has 0 saturated heterocycles. The molecular weight excluding hydrogens is 478 g/mol. The van der Waals surface area contributed by atoms with Crippen LogP contribution in [0.3, 0.4) is 0 Å². The second-order valence-electron chi connectivity index (χ2n) is 6.37. The van der Waals surface area contributed by atoms with Gasteiger partial charge in [-0.1, -0.05) is 35.9 Å². The molecule has 0 aromatic heterocycles. The van der Waals surface area contributed by atoms with Crippen LogP contribution in [-0.2, 0) is 0 Å². The van der Waals surface area contributed by atoms with Crippen molar-refractivity contribution in [1.29, 1.82) is 0 Å². The van der Waals surface area contributed by atoms with E-state index in [1.54, 1.807) is 18.2 Å². The molecule has 5 heteroatoms. The summed E-state index contributed by atoms with van der Waals surface area (Å²) >= 11 is 8.63. The summed E-state index contributed by atoms with van der Waals surface area (Å²) in [5.74, 6) is 0.324. The number of aromatic hydroxyl groups is 1. The summed E-state index contributed by atoms with van der Waals surface area (Å²) in [7, 11) is 0. The third-order valence-corrected chi connectivity index (χ3v) is 5.80. The zero-order valence-corrected chi connectivity index (χ0v) is 17.3. The second-order valence-corrected chi connectivity index (χ2v) is 7.99. The normalized spacial score (nSPS) is 16.1. The van der Waals surface area contributed by atoms with Gasteiger partial charge in [0.05, 0.1) is 5.02 Å². The number of phenols is 1. The number of halogens is 3. The molecule has 1 aliphatic heterocycles. The Morgan fingerprint density at radius 3 is 2.33 bits per heavy atom. The number of benzene rings is 3. The lowest BCUT2D eigenvalue weighted by Gasteiger charge is -2.31. The predicted molar refractivity (Wildman–Crippen MR) is 115 cm³/mol. The molecule has 1 aliphatic rings. The molecule has 136 valence electrons. The summed E-state index contributed by atoms with van der Waals surface area (Å²) in [6.07, 6.45) is -0.361. The molecular formula is C22H15ClFIO2. The number of ether oxygens (including phenoxy) is 1. The SMILES string of the molecule is CC1=C(c2ccc(F)cc2)[C@@H](c2ccc(I)cc2)Oc2ccc(O)c(Cl)c21. The van der Waals surface area contributed by atoms with Gasteiger partial charge in [0.15, 0.2) is 0 Å². The van der Waals surface area contributed by atoms with Crippen molar-refractivity contribution >= 4 is 45.3 Å². The molecule has 0 fully saturated rings. The van der Waals surface area contributed by atoms with Crippen molar-refractivity contribution in [3.8, 4) is 11.5 Å². The molecule has 0 unspecified atom stereocenters. The first-order chi connectivity index (χ1) is 13.0. The van der Waals surface area contributed by atoms with E-state index in [0.29, 0.717) is 11.3 Å². The first-order valence-electron chi connectivity index (χ1n) is 8.36. The van der Waals surface area contributed by atoms with Crippen LogP contribution >= 0.6 is 34.2 Å². The van der Waals surface area contributed by atoms with Crippen molar-refractivity contribution in [3.63, 3.8) is 0 Å². The van der Waals surface area contributed by atoms with Gasteiger partial charge in [0.2, 0.25) is 0 Å². The molecule has 2 nitrogen and oxygen atoms in total. The Morgan fingerprint density at radius 2 is 1.67 bits per heavy atom. The minimum Gasteiger partial charge on any atom is -0.506 e. The lowest BCUT2D eigenvalue weighted by molar-refractivity contribution is 0.259. The van der Waals surface area contributed by atoms with E-state index in [-0.39, 0.29) is 22.7 Å². The first-order valence-corrected chi connectivity index (χ1v) is 9.82. The van der Waals surface area contributed by atoms with Gasteiger partial charge >= 0.3 is 0 Å². The summed E-state index contributed by atoms with van der Waals surface area (Å²) < 4.78 is 20.9. The highest BCUT2D eigenvalue weighted by molar-refractivity contribution is 14.1. The lowest BCUT2D eigenvalue weighted by Crippen LogP contribution is -2.16. The molecule has 27 heavy (non-hydrogen) atoms. The van der Waals surface area contributed by atoms with Gasteiger partial charge in [-0.15, -0.1) is 0 Å². The molecule has 0 bridgehead atoms. The van der Waals surface area contributed by atoms with E-state index in [1.165, 1.54) is 18.2 Å². The van der Waals surface area contributed by atoms with E-state index in [9.17, 15) is 9.50 Å². The standard InChI is InChI=1S/C22H15ClFIO2/c1-12-19(13-2-6-15(24)7-3-13)22(14-4-8-16(25)9-5-14)27-18-11-10-17(26)21(23)20(12)18/h2-11,22,26H,1H3/t22-/m1/s1. The van der Waals surface area contributed by atoms with E-state index in [2.05, 4.69) is 22.6 Å². The highest BCUT2D eigenvalue weighted by Crippen LogP contribution is 2.50. The van der Waals surface area contributed by atoms with Crippen molar-refractivity contribution < 1.29 is 14.2 Å². The largest absolute Gasteiger partial charge is 0.506 e. The van der Waals surface area contributed by atoms with Crippen LogP contribution in [-0.4, -0.2) is 5.11 Å². The summed E-state index contributed by atoms with van der Waals surface area (Å²) in [5.41, 5.74) is 4.30. The van der Waals surface area contributed by atoms with Gasteiger partial charge < -0.3 is 9.84 Å². The van der Waals surface area contributed by atoms with Crippen molar-refractivity contribution in [2.45, 2.75) is 13.0 Å². The average molecular weight is 493 g/mol. The fraction of sp³-hybridized carbons (Fsp3) is 0.0909. The van der Waals surface area contributed by atoms with Crippen LogP contribution in [0.2, 0.25) is 5.02 Å². The fourth-order valence-electron chi connectivity index (χ4n) is 3.38. The van der Waals surface area contributed by atoms with Crippen molar-refractivity contribution in [2.75, 3.05) is 0 Å². The van der Waals surface area contributed by atoms with E-state index in [1.807, 2.05) is 31.2 Å². The van der Waals surface area contributed by atoms with Crippen molar-refractivity contribution in [2.24, 2.45) is 0 Å². The molecule has 3 aromatic rings. The van der Waals surface area contributed by atoms with E-state index in [4.69, 9.17) is 16.3 Å². The second kappa shape index (κ2) is 7.17. The topological polar surface area (TPSA) is 29.5 Å². The minimum atomic E-state index is -0.361. The Hall–Kier alpha value is -2.05. The summed E-state index contributed by atoms with van der Waals surface area (Å²) in [4.78, 5) is 0. The van der Waals surface area contributed by atoms with Crippen LogP contribution in [0.25, 0.3) is 11.1 Å². The van der Waals surface area contributed by atoms with Gasteiger partial charge in [-0.3, -0.25) is 0 Å². The summed E-state index contributed by atoms with van der Waals surface area (Å²) in [6, 6.07) is 17.7. The maximum absolute atomic E-state index is 13.5. The highest BCUT2D eigenvalue weighted by Gasteiger charge is 2.31. The number of hydrogen-bond acceptors (Lipinski definition) is 2. The summed E-state index contributed by atoms with van der Waals surface area (Å²) in [6.45, 7) is 1.95. The monoisotopic (exact) mass is 492 g/mol. The van der Waals surface area contributed by atoms with E-state index >= 15 is 0 Å². The van der Waals surface area contributed by atoms with Gasteiger partial charge in [0, 0.05) is 14.7 Å². The molecule has 1 heterocycles. The van der Waals surface area contributed by atoms with Gasteiger partial charge in [0.1, 0.15) is 23.4 Å². The zero-order chi connectivity index (χ0) is 19.1. The van der Waals surface area contributed by atoms with Crippen LogP contribution in [0, 0.1) is 9.39 Å². The van der Waals surface area contributed by atoms with Crippen molar-refractivity contribution in [3.05, 3.63) is 91.8 Å². The average Bonchev–Trinajstić information content (AvgIpc) is 2.66. The minimum absolute atomic E-state index is 0.00420. The van der Waals surface area contributed by atoms with E-state index in [0.717, 1.165) is 25.8 Å². The van der Waals surface area contributed by atoms with Crippen LogP contribution < -0.4 is 4.74 Å². The molecule has 3 aromatic carbocycles. The zero-order valence-electron chi connectivity index (χ0n) is 14.3. The van der Waals surface area contributed by atoms with Crippen molar-refractivity contribution in [1.82, 2.24) is 0 Å². The Kier molecular flexibility index (Phi) is 4.86. The Morgan fingerprint density at radius 1 is 1.00 bits per heavy atom. The Balaban J connectivity index is 1.96. The molecule has 1 N–H and O–H groups in total. The van der Waals surface area contributed by atoms with Crippen LogP contribution in [0.5, 0.6) is 11.5 Å². The summed E-state index contributed by atoms with van der Waals surface area (Å²) in [5, 5.41) is 10.3. The number of hydrogen-bond donors (Lipinski definition) is 1. The van der Waals surface area contributed by atoms with Crippen LogP contribution in [0.4, 0.5) is 4.39 Å². The maximum Gasteiger partial charge on any atom is 0.150 e. The molecule has 1 atom stereocenters. The Labute approximate surface area is 175 Å². The highest BCUT2D eigenvalue weighted by atomic mass is 127. The molecule has 0 spiro atoms. The van der Waals surface area contributed by atoms with Gasteiger partial charge in [0.25, 0.3) is 0 Å². The molecule has 0 radical (unpaired) electrons. The number of phenolic OH excluding ortho intramolecular Hbond substituents is 1. The lowest BCUT2D eigenvalue weighted by atomic mass is 9.86. The maximum atomic E-state index is 13.5. The van der Waals surface area contributed by atoms with Crippen LogP contribution in [0.15, 0.2) is 60.7 Å². The predicted octanol–water partition coefficient (Wildman–Crippen LogP) is 6.85.